The van der Waals surface area contributed by atoms with Gasteiger partial charge >= 0.3 is 0 Å². The van der Waals surface area contributed by atoms with Crippen molar-refractivity contribution in [1.29, 1.82) is 0 Å². The van der Waals surface area contributed by atoms with Gasteiger partial charge in [-0.25, -0.2) is 0 Å². The fraction of sp³-hybridized carbons (Fsp3) is 1.00. The summed E-state index contributed by atoms with van der Waals surface area (Å²) in [5.74, 6) is 1.80. The third-order valence-electron chi connectivity index (χ3n) is 3.97. The molecule has 3 unspecified atom stereocenters. The Hall–Kier alpha value is 0.400. The predicted octanol–water partition coefficient (Wildman–Crippen LogP) is 2.04. The first-order valence-electron chi connectivity index (χ1n) is 6.24. The standard InChI is InChI=1S/C12H23BrN2/c1-3-11-8-15(9-12(11)13)7-10-4-5-14(2)6-10/h10-12H,3-9H2,1-2H3. The van der Waals surface area contributed by atoms with E-state index in [4.69, 9.17) is 0 Å². The van der Waals surface area contributed by atoms with Gasteiger partial charge in [0.15, 0.2) is 0 Å². The van der Waals surface area contributed by atoms with Crippen LogP contribution in [0, 0.1) is 11.8 Å². The lowest BCUT2D eigenvalue weighted by atomic mass is 10.1. The van der Waals surface area contributed by atoms with E-state index in [1.165, 1.54) is 45.6 Å². The zero-order chi connectivity index (χ0) is 10.8. The van der Waals surface area contributed by atoms with Crippen LogP contribution in [0.5, 0.6) is 0 Å². The highest BCUT2D eigenvalue weighted by Gasteiger charge is 2.31. The summed E-state index contributed by atoms with van der Waals surface area (Å²) >= 11 is 3.81. The minimum absolute atomic E-state index is 0.738. The van der Waals surface area contributed by atoms with Gasteiger partial charge in [0, 0.05) is 31.0 Å². The number of alkyl halides is 1. The lowest BCUT2D eigenvalue weighted by molar-refractivity contribution is 0.266. The summed E-state index contributed by atoms with van der Waals surface area (Å²) in [5.41, 5.74) is 0. The summed E-state index contributed by atoms with van der Waals surface area (Å²) in [6.45, 7) is 8.81. The van der Waals surface area contributed by atoms with E-state index in [2.05, 4.69) is 39.7 Å². The number of nitrogens with zero attached hydrogens (tertiary/aromatic N) is 2. The maximum absolute atomic E-state index is 3.81. The Morgan fingerprint density at radius 3 is 2.60 bits per heavy atom. The number of hydrogen-bond acceptors (Lipinski definition) is 2. The Morgan fingerprint density at radius 1 is 1.27 bits per heavy atom. The first-order valence-corrected chi connectivity index (χ1v) is 7.15. The number of hydrogen-bond donors (Lipinski definition) is 0. The van der Waals surface area contributed by atoms with E-state index in [0.717, 1.165) is 16.7 Å². The molecule has 2 rings (SSSR count). The molecule has 0 amide bonds. The van der Waals surface area contributed by atoms with Crippen LogP contribution in [0.3, 0.4) is 0 Å². The van der Waals surface area contributed by atoms with E-state index in [1.54, 1.807) is 0 Å². The van der Waals surface area contributed by atoms with Gasteiger partial charge in [-0.3, -0.25) is 0 Å². The second-order valence-corrected chi connectivity index (χ2v) is 6.50. The molecule has 3 atom stereocenters. The molecule has 0 aliphatic carbocycles. The second kappa shape index (κ2) is 5.15. The average molecular weight is 275 g/mol. The summed E-state index contributed by atoms with van der Waals surface area (Å²) in [4.78, 5) is 5.86. The zero-order valence-corrected chi connectivity index (χ0v) is 11.5. The molecule has 0 aromatic carbocycles. The van der Waals surface area contributed by atoms with Gasteiger partial charge < -0.3 is 9.80 Å². The molecule has 3 heteroatoms. The molecule has 2 nitrogen and oxygen atoms in total. The van der Waals surface area contributed by atoms with E-state index < -0.39 is 0 Å². The van der Waals surface area contributed by atoms with E-state index in [1.807, 2.05) is 0 Å². The van der Waals surface area contributed by atoms with Crippen LogP contribution >= 0.6 is 15.9 Å². The summed E-state index contributed by atoms with van der Waals surface area (Å²) in [5, 5.41) is 0. The van der Waals surface area contributed by atoms with E-state index in [-0.39, 0.29) is 0 Å². The van der Waals surface area contributed by atoms with Crippen molar-refractivity contribution in [3.8, 4) is 0 Å². The summed E-state index contributed by atoms with van der Waals surface area (Å²) in [6, 6.07) is 0. The Bertz CT molecular complexity index is 210. The van der Waals surface area contributed by atoms with Gasteiger partial charge in [0.1, 0.15) is 0 Å². The number of halogens is 1. The zero-order valence-electron chi connectivity index (χ0n) is 9.95. The molecule has 2 saturated heterocycles. The Morgan fingerprint density at radius 2 is 2.07 bits per heavy atom. The predicted molar refractivity (Wildman–Crippen MR) is 68.5 cm³/mol. The van der Waals surface area contributed by atoms with E-state index >= 15 is 0 Å². The summed E-state index contributed by atoms with van der Waals surface area (Å²) < 4.78 is 0. The van der Waals surface area contributed by atoms with Gasteiger partial charge in [-0.15, -0.1) is 0 Å². The van der Waals surface area contributed by atoms with Gasteiger partial charge in [0.25, 0.3) is 0 Å². The van der Waals surface area contributed by atoms with Crippen LogP contribution in [0.25, 0.3) is 0 Å². The Balaban J connectivity index is 1.77. The monoisotopic (exact) mass is 274 g/mol. The maximum atomic E-state index is 3.81. The molecule has 0 bridgehead atoms. The molecular weight excluding hydrogens is 252 g/mol. The highest BCUT2D eigenvalue weighted by atomic mass is 79.9. The van der Waals surface area contributed by atoms with Gasteiger partial charge in [-0.1, -0.05) is 29.3 Å². The molecule has 0 aromatic rings. The number of rotatable bonds is 3. The topological polar surface area (TPSA) is 6.48 Å². The fourth-order valence-electron chi connectivity index (χ4n) is 2.99. The van der Waals surface area contributed by atoms with Gasteiger partial charge in [0.2, 0.25) is 0 Å². The van der Waals surface area contributed by atoms with Crippen LogP contribution in [0.4, 0.5) is 0 Å². The first kappa shape index (κ1) is 11.9. The first-order chi connectivity index (χ1) is 7.19. The van der Waals surface area contributed by atoms with Crippen molar-refractivity contribution < 1.29 is 0 Å². The van der Waals surface area contributed by atoms with Crippen molar-refractivity contribution in [2.24, 2.45) is 11.8 Å². The second-order valence-electron chi connectivity index (χ2n) is 5.32. The summed E-state index contributed by atoms with van der Waals surface area (Å²) in [7, 11) is 2.24. The number of likely N-dealkylation sites (tertiary alicyclic amines) is 2. The Labute approximate surface area is 102 Å². The molecule has 0 radical (unpaired) electrons. The van der Waals surface area contributed by atoms with Crippen LogP contribution in [0.2, 0.25) is 0 Å². The lowest BCUT2D eigenvalue weighted by Gasteiger charge is -2.20. The molecule has 0 aromatic heterocycles. The fourth-order valence-corrected chi connectivity index (χ4v) is 3.94. The minimum Gasteiger partial charge on any atom is -0.306 e. The third-order valence-corrected chi connectivity index (χ3v) is 5.00. The van der Waals surface area contributed by atoms with E-state index in [9.17, 15) is 0 Å². The van der Waals surface area contributed by atoms with Gasteiger partial charge in [-0.05, 0) is 31.8 Å². The quantitative estimate of drug-likeness (QED) is 0.727. The van der Waals surface area contributed by atoms with E-state index in [0.29, 0.717) is 0 Å². The molecule has 88 valence electrons. The molecule has 15 heavy (non-hydrogen) atoms. The van der Waals surface area contributed by atoms with Crippen molar-refractivity contribution in [3.63, 3.8) is 0 Å². The molecule has 2 aliphatic heterocycles. The third kappa shape index (κ3) is 2.95. The van der Waals surface area contributed by atoms with Crippen LogP contribution in [-0.4, -0.2) is 54.4 Å². The highest BCUT2D eigenvalue weighted by Crippen LogP contribution is 2.27. The van der Waals surface area contributed by atoms with Crippen LogP contribution in [-0.2, 0) is 0 Å². The molecular formula is C12H23BrN2. The molecule has 0 spiro atoms. The van der Waals surface area contributed by atoms with Crippen molar-refractivity contribution in [2.75, 3.05) is 39.8 Å². The van der Waals surface area contributed by atoms with Crippen molar-refractivity contribution in [3.05, 3.63) is 0 Å². The van der Waals surface area contributed by atoms with Gasteiger partial charge in [0.05, 0.1) is 0 Å². The average Bonchev–Trinajstić information content (AvgIpc) is 2.73. The lowest BCUT2D eigenvalue weighted by Crippen LogP contribution is -2.29. The highest BCUT2D eigenvalue weighted by molar-refractivity contribution is 9.09. The van der Waals surface area contributed by atoms with Gasteiger partial charge in [-0.2, -0.15) is 0 Å². The van der Waals surface area contributed by atoms with Crippen LogP contribution < -0.4 is 0 Å². The molecule has 2 fully saturated rings. The van der Waals surface area contributed by atoms with Crippen molar-refractivity contribution in [2.45, 2.75) is 24.6 Å². The smallest absolute Gasteiger partial charge is 0.0313 e. The van der Waals surface area contributed by atoms with Crippen LogP contribution in [0.15, 0.2) is 0 Å². The molecule has 2 aliphatic rings. The van der Waals surface area contributed by atoms with Crippen molar-refractivity contribution >= 4 is 15.9 Å². The summed E-state index contributed by atoms with van der Waals surface area (Å²) in [6.07, 6.45) is 2.72. The SMILES string of the molecule is CCC1CN(CC2CCN(C)C2)CC1Br. The maximum Gasteiger partial charge on any atom is 0.0313 e. The Kier molecular flexibility index (Phi) is 4.08. The minimum atomic E-state index is 0.738. The largest absolute Gasteiger partial charge is 0.306 e. The van der Waals surface area contributed by atoms with Crippen LogP contribution in [0.1, 0.15) is 19.8 Å². The molecule has 0 saturated carbocycles. The molecule has 2 heterocycles. The molecule has 0 N–H and O–H groups in total. The van der Waals surface area contributed by atoms with Crippen molar-refractivity contribution in [1.82, 2.24) is 9.80 Å². The normalized spacial score (nSPS) is 39.0.